The lowest BCUT2D eigenvalue weighted by Crippen LogP contribution is -2.11. The van der Waals surface area contributed by atoms with Gasteiger partial charge in [-0.2, -0.15) is 0 Å². The summed E-state index contributed by atoms with van der Waals surface area (Å²) in [5, 5.41) is 0. The number of carbonyl (C=O) groups is 1. The molecule has 0 heterocycles. The Balaban J connectivity index is 3.66. The first-order chi connectivity index (χ1) is 6.70. The van der Waals surface area contributed by atoms with Crippen molar-refractivity contribution in [3.8, 4) is 0 Å². The maximum absolute atomic E-state index is 11.2. The molecule has 1 atom stereocenters. The van der Waals surface area contributed by atoms with Crippen molar-refractivity contribution in [2.75, 3.05) is 0 Å². The summed E-state index contributed by atoms with van der Waals surface area (Å²) in [6.07, 6.45) is 7.05. The van der Waals surface area contributed by atoms with Gasteiger partial charge in [-0.25, -0.2) is 0 Å². The van der Waals surface area contributed by atoms with Gasteiger partial charge in [0.1, 0.15) is 6.10 Å². The number of rotatable bonds is 6. The summed E-state index contributed by atoms with van der Waals surface area (Å²) in [6.45, 7) is 5.84. The van der Waals surface area contributed by atoms with Gasteiger partial charge in [0.05, 0.1) is 0 Å². The van der Waals surface area contributed by atoms with E-state index in [9.17, 15) is 4.79 Å². The maximum Gasteiger partial charge on any atom is 0.306 e. The highest BCUT2D eigenvalue weighted by atomic mass is 16.5. The molecule has 0 aromatic heterocycles. The van der Waals surface area contributed by atoms with Gasteiger partial charge in [0.2, 0.25) is 0 Å². The lowest BCUT2D eigenvalue weighted by molar-refractivity contribution is -0.146. The molecule has 0 saturated heterocycles. The Morgan fingerprint density at radius 3 is 2.79 bits per heavy atom. The van der Waals surface area contributed by atoms with Gasteiger partial charge in [-0.3, -0.25) is 4.79 Å². The van der Waals surface area contributed by atoms with Crippen molar-refractivity contribution in [1.82, 2.24) is 0 Å². The van der Waals surface area contributed by atoms with Crippen LogP contribution in [-0.2, 0) is 9.53 Å². The van der Waals surface area contributed by atoms with Crippen LogP contribution in [0.4, 0.5) is 0 Å². The van der Waals surface area contributed by atoms with Crippen molar-refractivity contribution in [2.45, 2.75) is 52.6 Å². The Morgan fingerprint density at radius 1 is 1.50 bits per heavy atom. The minimum absolute atomic E-state index is 0.111. The predicted molar refractivity (Wildman–Crippen MR) is 58.0 cm³/mol. The molecule has 0 fully saturated rings. The second-order valence-electron chi connectivity index (χ2n) is 3.27. The summed E-state index contributed by atoms with van der Waals surface area (Å²) >= 11 is 0. The number of hydrogen-bond donors (Lipinski definition) is 0. The largest absolute Gasteiger partial charge is 0.458 e. The van der Waals surface area contributed by atoms with Gasteiger partial charge in [-0.05, 0) is 32.4 Å². The molecule has 2 heteroatoms. The average Bonchev–Trinajstić information content (AvgIpc) is 2.15. The Morgan fingerprint density at radius 2 is 2.21 bits per heavy atom. The van der Waals surface area contributed by atoms with Crippen LogP contribution in [0.15, 0.2) is 17.9 Å². The summed E-state index contributed by atoms with van der Waals surface area (Å²) in [7, 11) is 0. The molecule has 1 unspecified atom stereocenters. The van der Waals surface area contributed by atoms with Gasteiger partial charge in [0, 0.05) is 6.42 Å². The Labute approximate surface area is 86.6 Å². The third-order valence-corrected chi connectivity index (χ3v) is 1.80. The predicted octanol–water partition coefficient (Wildman–Crippen LogP) is 3.23. The number of carbonyl (C=O) groups excluding carboxylic acids is 1. The van der Waals surface area contributed by atoms with Gasteiger partial charge in [0.25, 0.3) is 0 Å². The van der Waals surface area contributed by atoms with Crippen molar-refractivity contribution >= 4 is 5.97 Å². The highest BCUT2D eigenvalue weighted by Gasteiger charge is 2.05. The molecule has 2 nitrogen and oxygen atoms in total. The molecule has 0 aromatic carbocycles. The van der Waals surface area contributed by atoms with Crippen LogP contribution in [0, 0.1) is 0 Å². The van der Waals surface area contributed by atoms with Crippen molar-refractivity contribution in [3.63, 3.8) is 0 Å². The summed E-state index contributed by atoms with van der Waals surface area (Å²) in [4.78, 5) is 11.2. The van der Waals surface area contributed by atoms with Gasteiger partial charge in [-0.15, -0.1) is 5.73 Å². The molecule has 0 bridgehead atoms. The fourth-order valence-electron chi connectivity index (χ4n) is 1.05. The molecule has 14 heavy (non-hydrogen) atoms. The highest BCUT2D eigenvalue weighted by molar-refractivity contribution is 5.69. The van der Waals surface area contributed by atoms with Crippen molar-refractivity contribution in [1.29, 1.82) is 0 Å². The summed E-state index contributed by atoms with van der Waals surface area (Å²) in [5.41, 5.74) is 2.89. The van der Waals surface area contributed by atoms with E-state index in [1.54, 1.807) is 12.2 Å². The van der Waals surface area contributed by atoms with Gasteiger partial charge >= 0.3 is 5.97 Å². The average molecular weight is 196 g/mol. The number of hydrogen-bond acceptors (Lipinski definition) is 2. The van der Waals surface area contributed by atoms with E-state index in [4.69, 9.17) is 4.74 Å². The van der Waals surface area contributed by atoms with Crippen molar-refractivity contribution in [3.05, 3.63) is 17.9 Å². The smallest absolute Gasteiger partial charge is 0.306 e. The standard InChI is InChI=1S/C12H20O2/c1-4-6-8-10-12(13)14-11(3)9-7-5-2/h5,9,11H,4,6,8,10H2,1-3H3. The molecule has 0 aliphatic carbocycles. The van der Waals surface area contributed by atoms with E-state index in [0.29, 0.717) is 6.42 Å². The van der Waals surface area contributed by atoms with E-state index >= 15 is 0 Å². The summed E-state index contributed by atoms with van der Waals surface area (Å²) < 4.78 is 5.12. The molecule has 0 saturated carbocycles. The molecule has 0 spiro atoms. The van der Waals surface area contributed by atoms with E-state index in [2.05, 4.69) is 12.7 Å². The van der Waals surface area contributed by atoms with E-state index in [0.717, 1.165) is 19.3 Å². The fourth-order valence-corrected chi connectivity index (χ4v) is 1.05. The molecule has 0 radical (unpaired) electrons. The van der Waals surface area contributed by atoms with Crippen molar-refractivity contribution < 1.29 is 9.53 Å². The molecule has 0 aliphatic heterocycles. The van der Waals surface area contributed by atoms with Crippen LogP contribution in [0.5, 0.6) is 0 Å². The van der Waals surface area contributed by atoms with Gasteiger partial charge in [-0.1, -0.05) is 19.8 Å². The lowest BCUT2D eigenvalue weighted by Gasteiger charge is -2.07. The first-order valence-corrected chi connectivity index (χ1v) is 5.27. The Bertz CT molecular complexity index is 212. The first-order valence-electron chi connectivity index (χ1n) is 5.27. The molecular weight excluding hydrogens is 176 g/mol. The molecule has 0 N–H and O–H groups in total. The zero-order valence-electron chi connectivity index (χ0n) is 9.38. The normalized spacial score (nSPS) is 11.4. The molecule has 0 rings (SSSR count). The molecule has 80 valence electrons. The highest BCUT2D eigenvalue weighted by Crippen LogP contribution is 2.02. The monoisotopic (exact) mass is 196 g/mol. The van der Waals surface area contributed by atoms with Crippen LogP contribution < -0.4 is 0 Å². The third-order valence-electron chi connectivity index (χ3n) is 1.80. The van der Waals surface area contributed by atoms with Crippen LogP contribution in [0.3, 0.4) is 0 Å². The van der Waals surface area contributed by atoms with Crippen LogP contribution in [0.1, 0.15) is 46.5 Å². The van der Waals surface area contributed by atoms with E-state index in [1.807, 2.05) is 13.8 Å². The topological polar surface area (TPSA) is 26.3 Å². The van der Waals surface area contributed by atoms with Gasteiger partial charge < -0.3 is 4.74 Å². The number of esters is 1. The van der Waals surface area contributed by atoms with E-state index < -0.39 is 0 Å². The summed E-state index contributed by atoms with van der Waals surface area (Å²) in [5.74, 6) is -0.111. The van der Waals surface area contributed by atoms with Crippen LogP contribution in [-0.4, -0.2) is 12.1 Å². The zero-order chi connectivity index (χ0) is 10.8. The molecular formula is C12H20O2. The number of unbranched alkanes of at least 4 members (excludes halogenated alkanes) is 2. The van der Waals surface area contributed by atoms with Crippen LogP contribution in [0.25, 0.3) is 0 Å². The minimum atomic E-state index is -0.166. The Kier molecular flexibility index (Phi) is 7.96. The summed E-state index contributed by atoms with van der Waals surface area (Å²) in [6, 6.07) is 0. The SMILES string of the molecule is CC=C=CC(C)OC(=O)CCCCC. The second-order valence-corrected chi connectivity index (χ2v) is 3.27. The minimum Gasteiger partial charge on any atom is -0.458 e. The quantitative estimate of drug-likeness (QED) is 0.370. The zero-order valence-corrected chi connectivity index (χ0v) is 9.38. The van der Waals surface area contributed by atoms with Crippen LogP contribution >= 0.6 is 0 Å². The lowest BCUT2D eigenvalue weighted by atomic mass is 10.2. The second kappa shape index (κ2) is 8.58. The number of ether oxygens (including phenoxy) is 1. The van der Waals surface area contributed by atoms with E-state index in [-0.39, 0.29) is 12.1 Å². The van der Waals surface area contributed by atoms with Gasteiger partial charge in [0.15, 0.2) is 0 Å². The Hall–Kier alpha value is -1.01. The molecule has 0 aromatic rings. The molecule has 0 amide bonds. The maximum atomic E-state index is 11.2. The van der Waals surface area contributed by atoms with E-state index in [1.165, 1.54) is 0 Å². The molecule has 0 aliphatic rings. The third kappa shape index (κ3) is 7.63. The first kappa shape index (κ1) is 13.0. The van der Waals surface area contributed by atoms with Crippen molar-refractivity contribution in [2.24, 2.45) is 0 Å². The van der Waals surface area contributed by atoms with Crippen LogP contribution in [0.2, 0.25) is 0 Å². The fraction of sp³-hybridized carbons (Fsp3) is 0.667.